The van der Waals surface area contributed by atoms with Crippen molar-refractivity contribution in [2.75, 3.05) is 18.1 Å². The quantitative estimate of drug-likeness (QED) is 0.671. The predicted octanol–water partition coefficient (Wildman–Crippen LogP) is 0.467. The van der Waals surface area contributed by atoms with Gasteiger partial charge in [-0.15, -0.1) is 0 Å². The summed E-state index contributed by atoms with van der Waals surface area (Å²) in [5, 5.41) is 18.5. The van der Waals surface area contributed by atoms with Gasteiger partial charge in [0.05, 0.1) is 12.7 Å². The van der Waals surface area contributed by atoms with Crippen molar-refractivity contribution < 1.29 is 10.2 Å². The third-order valence-electron chi connectivity index (χ3n) is 3.11. The molecule has 4 heteroatoms. The van der Waals surface area contributed by atoms with E-state index in [-0.39, 0.29) is 6.61 Å². The van der Waals surface area contributed by atoms with Gasteiger partial charge in [0.1, 0.15) is 0 Å². The molecule has 1 aliphatic rings. The number of benzene rings is 1. The number of hydrogen-bond donors (Lipinski definition) is 3. The number of aliphatic hydroxyl groups excluding tert-OH is 2. The van der Waals surface area contributed by atoms with Crippen molar-refractivity contribution in [2.45, 2.75) is 31.5 Å². The van der Waals surface area contributed by atoms with Gasteiger partial charge in [-0.1, -0.05) is 12.1 Å². The number of nitrogens with two attached hydrogens (primary N) is 1. The molecule has 0 amide bonds. The highest BCUT2D eigenvalue weighted by atomic mass is 16.3. The molecule has 94 valence electrons. The monoisotopic (exact) mass is 236 g/mol. The zero-order valence-corrected chi connectivity index (χ0v) is 9.92. The average Bonchev–Trinajstić information content (AvgIpc) is 3.20. The van der Waals surface area contributed by atoms with Crippen molar-refractivity contribution in [3.8, 4) is 0 Å². The molecule has 1 aromatic carbocycles. The maximum Gasteiger partial charge on any atom is 0.0945 e. The second-order valence-electron chi connectivity index (χ2n) is 4.59. The van der Waals surface area contributed by atoms with Crippen LogP contribution in [-0.2, 0) is 6.54 Å². The van der Waals surface area contributed by atoms with E-state index in [1.165, 1.54) is 0 Å². The number of hydrogen-bond acceptors (Lipinski definition) is 4. The fourth-order valence-electron chi connectivity index (χ4n) is 1.96. The number of aliphatic hydroxyl groups is 2. The van der Waals surface area contributed by atoms with Crippen LogP contribution in [0.25, 0.3) is 0 Å². The molecule has 1 aromatic rings. The highest BCUT2D eigenvalue weighted by molar-refractivity contribution is 5.50. The summed E-state index contributed by atoms with van der Waals surface area (Å²) in [6, 6.07) is 8.60. The highest BCUT2D eigenvalue weighted by Crippen LogP contribution is 2.31. The largest absolute Gasteiger partial charge is 0.394 e. The number of nitrogens with zero attached hydrogens (tertiary/aromatic N) is 1. The molecule has 2 rings (SSSR count). The minimum absolute atomic E-state index is 0.190. The Hall–Kier alpha value is -1.10. The lowest BCUT2D eigenvalue weighted by Gasteiger charge is -2.26. The molecule has 0 aromatic heterocycles. The first-order chi connectivity index (χ1) is 8.24. The first-order valence-electron chi connectivity index (χ1n) is 6.09. The lowest BCUT2D eigenvalue weighted by atomic mass is 10.2. The van der Waals surface area contributed by atoms with Crippen LogP contribution in [0.5, 0.6) is 0 Å². The molecule has 1 unspecified atom stereocenters. The predicted molar refractivity (Wildman–Crippen MR) is 67.8 cm³/mol. The van der Waals surface area contributed by atoms with Gasteiger partial charge in [0.25, 0.3) is 0 Å². The van der Waals surface area contributed by atoms with Crippen LogP contribution in [0.2, 0.25) is 0 Å². The van der Waals surface area contributed by atoms with Crippen molar-refractivity contribution in [2.24, 2.45) is 5.73 Å². The number of rotatable bonds is 6. The van der Waals surface area contributed by atoms with E-state index in [1.54, 1.807) is 0 Å². The molecule has 0 spiro atoms. The Bertz CT molecular complexity index is 349. The van der Waals surface area contributed by atoms with Gasteiger partial charge in [0.2, 0.25) is 0 Å². The maximum atomic E-state index is 9.56. The standard InChI is InChI=1S/C13H20N2O2/c14-7-10-1-3-11(4-2-10)15(12-5-6-12)8-13(17)9-16/h1-4,12-13,16-17H,5-9,14H2. The SMILES string of the molecule is NCc1ccc(N(CC(O)CO)C2CC2)cc1. The van der Waals surface area contributed by atoms with Gasteiger partial charge in [-0.25, -0.2) is 0 Å². The van der Waals surface area contributed by atoms with Gasteiger partial charge < -0.3 is 20.8 Å². The first-order valence-corrected chi connectivity index (χ1v) is 6.09. The summed E-state index contributed by atoms with van der Waals surface area (Å²) in [5.74, 6) is 0. The molecule has 4 N–H and O–H groups in total. The highest BCUT2D eigenvalue weighted by Gasteiger charge is 2.30. The first kappa shape index (κ1) is 12.4. The molecule has 1 fully saturated rings. The van der Waals surface area contributed by atoms with Crippen LogP contribution in [0, 0.1) is 0 Å². The summed E-state index contributed by atoms with van der Waals surface area (Å²) >= 11 is 0. The number of anilines is 1. The summed E-state index contributed by atoms with van der Waals surface area (Å²) < 4.78 is 0. The summed E-state index contributed by atoms with van der Waals surface area (Å²) in [4.78, 5) is 2.17. The van der Waals surface area contributed by atoms with E-state index in [2.05, 4.69) is 4.90 Å². The van der Waals surface area contributed by atoms with E-state index >= 15 is 0 Å². The molecule has 17 heavy (non-hydrogen) atoms. The third-order valence-corrected chi connectivity index (χ3v) is 3.11. The second kappa shape index (κ2) is 5.49. The molecule has 0 saturated heterocycles. The van der Waals surface area contributed by atoms with Crippen LogP contribution < -0.4 is 10.6 Å². The molecule has 4 nitrogen and oxygen atoms in total. The molecule has 0 bridgehead atoms. The van der Waals surface area contributed by atoms with Crippen LogP contribution in [-0.4, -0.2) is 35.5 Å². The third kappa shape index (κ3) is 3.19. The summed E-state index contributed by atoms with van der Waals surface area (Å²) in [6.07, 6.45) is 1.65. The minimum atomic E-state index is -0.676. The molecule has 0 radical (unpaired) electrons. The summed E-state index contributed by atoms with van der Waals surface area (Å²) in [7, 11) is 0. The molecule has 1 aliphatic carbocycles. The maximum absolute atomic E-state index is 9.56. The Kier molecular flexibility index (Phi) is 3.99. The molecule has 0 heterocycles. The van der Waals surface area contributed by atoms with Gasteiger partial charge in [-0.2, -0.15) is 0 Å². The van der Waals surface area contributed by atoms with E-state index in [9.17, 15) is 5.11 Å². The minimum Gasteiger partial charge on any atom is -0.394 e. The Labute approximate surface area is 102 Å². The van der Waals surface area contributed by atoms with Crippen LogP contribution in [0.1, 0.15) is 18.4 Å². The molecular formula is C13H20N2O2. The molecule has 1 saturated carbocycles. The van der Waals surface area contributed by atoms with Gasteiger partial charge in [0, 0.05) is 24.8 Å². The van der Waals surface area contributed by atoms with Crippen molar-refractivity contribution in [1.82, 2.24) is 0 Å². The van der Waals surface area contributed by atoms with Gasteiger partial charge in [-0.3, -0.25) is 0 Å². The Morgan fingerprint density at radius 3 is 2.41 bits per heavy atom. The lowest BCUT2D eigenvalue weighted by Crippen LogP contribution is -2.36. The van der Waals surface area contributed by atoms with Gasteiger partial charge in [-0.05, 0) is 30.5 Å². The zero-order valence-electron chi connectivity index (χ0n) is 9.92. The van der Waals surface area contributed by atoms with E-state index < -0.39 is 6.10 Å². The van der Waals surface area contributed by atoms with Crippen molar-refractivity contribution in [3.05, 3.63) is 29.8 Å². The fourth-order valence-corrected chi connectivity index (χ4v) is 1.96. The van der Waals surface area contributed by atoms with Crippen molar-refractivity contribution in [1.29, 1.82) is 0 Å². The lowest BCUT2D eigenvalue weighted by molar-refractivity contribution is 0.0996. The molecule has 1 atom stereocenters. The van der Waals surface area contributed by atoms with Crippen LogP contribution in [0.15, 0.2) is 24.3 Å². The van der Waals surface area contributed by atoms with Crippen LogP contribution in [0.4, 0.5) is 5.69 Å². The van der Waals surface area contributed by atoms with Crippen molar-refractivity contribution in [3.63, 3.8) is 0 Å². The van der Waals surface area contributed by atoms with Gasteiger partial charge in [0.15, 0.2) is 0 Å². The molecule has 0 aliphatic heterocycles. The normalized spacial score (nSPS) is 16.9. The van der Waals surface area contributed by atoms with Gasteiger partial charge >= 0.3 is 0 Å². The topological polar surface area (TPSA) is 69.7 Å². The summed E-state index contributed by atoms with van der Waals surface area (Å²) in [5.41, 5.74) is 7.76. The zero-order chi connectivity index (χ0) is 12.3. The Morgan fingerprint density at radius 2 is 1.94 bits per heavy atom. The second-order valence-corrected chi connectivity index (χ2v) is 4.59. The van der Waals surface area contributed by atoms with Crippen LogP contribution in [0.3, 0.4) is 0 Å². The van der Waals surface area contributed by atoms with Crippen LogP contribution >= 0.6 is 0 Å². The average molecular weight is 236 g/mol. The Morgan fingerprint density at radius 1 is 1.29 bits per heavy atom. The van der Waals surface area contributed by atoms with E-state index in [0.717, 1.165) is 24.1 Å². The van der Waals surface area contributed by atoms with Crippen molar-refractivity contribution >= 4 is 5.69 Å². The van der Waals surface area contributed by atoms with E-state index in [1.807, 2.05) is 24.3 Å². The van der Waals surface area contributed by atoms with E-state index in [0.29, 0.717) is 19.1 Å². The molecular weight excluding hydrogens is 216 g/mol. The summed E-state index contributed by atoms with van der Waals surface area (Å²) in [6.45, 7) is 0.843. The smallest absolute Gasteiger partial charge is 0.0945 e. The fraction of sp³-hybridized carbons (Fsp3) is 0.538. The Balaban J connectivity index is 2.08. The van der Waals surface area contributed by atoms with E-state index in [4.69, 9.17) is 10.8 Å².